The van der Waals surface area contributed by atoms with Gasteiger partial charge in [-0.25, -0.2) is 8.78 Å². The standard InChI is InChI=1S/C21H18F2N2O4/c22-14-3-1-5-16-18(14)24(7-9-28-16)20(26)12-11-13(12)21(27)25-8-10-29-17-6-2-4-15(23)19(17)25/h1-6,12-13H,7-11H2. The quantitative estimate of drug-likeness (QED) is 0.778. The van der Waals surface area contributed by atoms with Crippen LogP contribution in [-0.2, 0) is 9.59 Å². The lowest BCUT2D eigenvalue weighted by Crippen LogP contribution is -2.42. The second-order valence-corrected chi connectivity index (χ2v) is 7.30. The summed E-state index contributed by atoms with van der Waals surface area (Å²) in [5, 5.41) is 0. The minimum atomic E-state index is -0.550. The molecule has 0 radical (unpaired) electrons. The fourth-order valence-corrected chi connectivity index (χ4v) is 4.05. The molecule has 0 saturated heterocycles. The van der Waals surface area contributed by atoms with E-state index in [0.717, 1.165) is 0 Å². The van der Waals surface area contributed by atoms with Gasteiger partial charge in [-0.3, -0.25) is 9.59 Å². The molecule has 1 fully saturated rings. The average molecular weight is 400 g/mol. The van der Waals surface area contributed by atoms with Gasteiger partial charge in [-0.1, -0.05) is 12.1 Å². The Morgan fingerprint density at radius 2 is 1.24 bits per heavy atom. The molecule has 5 rings (SSSR count). The largest absolute Gasteiger partial charge is 0.489 e. The summed E-state index contributed by atoms with van der Waals surface area (Å²) in [6.45, 7) is 0.962. The lowest BCUT2D eigenvalue weighted by atomic mass is 10.1. The van der Waals surface area contributed by atoms with Crippen LogP contribution in [0.4, 0.5) is 20.2 Å². The van der Waals surface area contributed by atoms with Crippen LogP contribution in [0.3, 0.4) is 0 Å². The van der Waals surface area contributed by atoms with Gasteiger partial charge in [0.05, 0.1) is 24.9 Å². The molecule has 6 nitrogen and oxygen atoms in total. The summed E-state index contributed by atoms with van der Waals surface area (Å²) in [4.78, 5) is 28.8. The molecule has 2 amide bonds. The maximum absolute atomic E-state index is 14.3. The van der Waals surface area contributed by atoms with Crippen LogP contribution in [0.25, 0.3) is 0 Å². The number of rotatable bonds is 2. The van der Waals surface area contributed by atoms with E-state index in [1.54, 1.807) is 12.1 Å². The highest BCUT2D eigenvalue weighted by Crippen LogP contribution is 2.46. The predicted octanol–water partition coefficient (Wildman–Crippen LogP) is 2.75. The number of benzene rings is 2. The zero-order valence-corrected chi connectivity index (χ0v) is 15.4. The second kappa shape index (κ2) is 6.72. The molecule has 8 heteroatoms. The van der Waals surface area contributed by atoms with Gasteiger partial charge in [0, 0.05) is 0 Å². The van der Waals surface area contributed by atoms with Crippen molar-refractivity contribution < 1.29 is 27.8 Å². The summed E-state index contributed by atoms with van der Waals surface area (Å²) in [5.41, 5.74) is 0.231. The predicted molar refractivity (Wildman–Crippen MR) is 100 cm³/mol. The zero-order chi connectivity index (χ0) is 20.1. The van der Waals surface area contributed by atoms with Gasteiger partial charge in [-0.2, -0.15) is 0 Å². The van der Waals surface area contributed by atoms with Crippen molar-refractivity contribution in [1.29, 1.82) is 0 Å². The summed E-state index contributed by atoms with van der Waals surface area (Å²) < 4.78 is 39.5. The molecule has 0 bridgehead atoms. The van der Waals surface area contributed by atoms with Crippen molar-refractivity contribution in [1.82, 2.24) is 0 Å². The van der Waals surface area contributed by atoms with Gasteiger partial charge in [-0.15, -0.1) is 0 Å². The molecule has 2 atom stereocenters. The van der Waals surface area contributed by atoms with Gasteiger partial charge < -0.3 is 19.3 Å². The fraction of sp³-hybridized carbons (Fsp3) is 0.333. The van der Waals surface area contributed by atoms with Crippen LogP contribution >= 0.6 is 0 Å². The van der Waals surface area contributed by atoms with Crippen molar-refractivity contribution in [2.45, 2.75) is 6.42 Å². The number of hydrogen-bond donors (Lipinski definition) is 0. The molecule has 1 saturated carbocycles. The molecule has 2 aromatic carbocycles. The molecule has 0 aromatic heterocycles. The first kappa shape index (κ1) is 17.9. The first-order valence-corrected chi connectivity index (χ1v) is 9.51. The van der Waals surface area contributed by atoms with Gasteiger partial charge in [0.1, 0.15) is 36.1 Å². The third-order valence-electron chi connectivity index (χ3n) is 5.54. The van der Waals surface area contributed by atoms with E-state index in [4.69, 9.17) is 9.47 Å². The van der Waals surface area contributed by atoms with E-state index in [1.165, 1.54) is 34.1 Å². The second-order valence-electron chi connectivity index (χ2n) is 7.30. The number of nitrogens with zero attached hydrogens (tertiary/aromatic N) is 2. The molecule has 2 heterocycles. The number of hydrogen-bond acceptors (Lipinski definition) is 4. The Labute approximate surface area is 165 Å². The van der Waals surface area contributed by atoms with Crippen LogP contribution in [-0.4, -0.2) is 38.1 Å². The summed E-state index contributed by atoms with van der Waals surface area (Å²) in [6, 6.07) is 8.82. The number of fused-ring (bicyclic) bond motifs is 2. The molecule has 2 aromatic rings. The first-order valence-electron chi connectivity index (χ1n) is 9.51. The van der Waals surface area contributed by atoms with E-state index in [9.17, 15) is 18.4 Å². The van der Waals surface area contributed by atoms with E-state index in [0.29, 0.717) is 17.9 Å². The van der Waals surface area contributed by atoms with Crippen molar-refractivity contribution in [3.63, 3.8) is 0 Å². The lowest BCUT2D eigenvalue weighted by molar-refractivity contribution is -0.124. The van der Waals surface area contributed by atoms with E-state index in [-0.39, 0.29) is 49.5 Å². The van der Waals surface area contributed by atoms with Crippen LogP contribution in [0.5, 0.6) is 11.5 Å². The molecule has 2 unspecified atom stereocenters. The number of anilines is 2. The SMILES string of the molecule is O=C(C1CC1C(=O)N1CCOc2cccc(F)c21)N1CCOc2cccc(F)c21. The number of carbonyl (C=O) groups is 2. The fourth-order valence-electron chi connectivity index (χ4n) is 4.05. The number of para-hydroxylation sites is 2. The highest BCUT2D eigenvalue weighted by Gasteiger charge is 2.52. The van der Waals surface area contributed by atoms with Gasteiger partial charge in [0.2, 0.25) is 11.8 Å². The summed E-state index contributed by atoms with van der Waals surface area (Å²) in [7, 11) is 0. The molecule has 3 aliphatic rings. The van der Waals surface area contributed by atoms with E-state index < -0.39 is 23.5 Å². The number of carbonyl (C=O) groups excluding carboxylic acids is 2. The Morgan fingerprint density at radius 3 is 1.69 bits per heavy atom. The molecule has 2 aliphatic heterocycles. The maximum atomic E-state index is 14.3. The monoisotopic (exact) mass is 400 g/mol. The number of ether oxygens (including phenoxy) is 2. The Bertz CT molecular complexity index is 933. The van der Waals surface area contributed by atoms with E-state index in [1.807, 2.05) is 0 Å². The Hall–Kier alpha value is -3.16. The zero-order valence-electron chi connectivity index (χ0n) is 15.4. The highest BCUT2D eigenvalue weighted by atomic mass is 19.1. The van der Waals surface area contributed by atoms with Crippen LogP contribution in [0, 0.1) is 23.5 Å². The molecule has 0 spiro atoms. The Balaban J connectivity index is 1.36. The minimum absolute atomic E-state index is 0.115. The van der Waals surface area contributed by atoms with Crippen LogP contribution in [0.15, 0.2) is 36.4 Å². The van der Waals surface area contributed by atoms with Gasteiger partial charge in [-0.05, 0) is 30.7 Å². The molecule has 1 aliphatic carbocycles. The number of amides is 2. The summed E-state index contributed by atoms with van der Waals surface area (Å²) in [6.07, 6.45) is 0.361. The van der Waals surface area contributed by atoms with Gasteiger partial charge in [0.25, 0.3) is 0 Å². The van der Waals surface area contributed by atoms with Crippen molar-refractivity contribution in [2.24, 2.45) is 11.8 Å². The normalized spacial score (nSPS) is 22.1. The molecular formula is C21H18F2N2O4. The van der Waals surface area contributed by atoms with Crippen LogP contribution in [0.2, 0.25) is 0 Å². The lowest BCUT2D eigenvalue weighted by Gasteiger charge is -2.31. The van der Waals surface area contributed by atoms with Gasteiger partial charge in [0.15, 0.2) is 11.6 Å². The van der Waals surface area contributed by atoms with Crippen molar-refractivity contribution in [3.05, 3.63) is 48.0 Å². The number of halogens is 2. The first-order chi connectivity index (χ1) is 14.1. The van der Waals surface area contributed by atoms with Crippen molar-refractivity contribution in [3.8, 4) is 11.5 Å². The summed E-state index contributed by atoms with van der Waals surface area (Å²) in [5.74, 6) is -2.15. The van der Waals surface area contributed by atoms with Crippen molar-refractivity contribution >= 4 is 23.2 Å². The average Bonchev–Trinajstić information content (AvgIpc) is 3.53. The van der Waals surface area contributed by atoms with Crippen molar-refractivity contribution in [2.75, 3.05) is 36.1 Å². The highest BCUT2D eigenvalue weighted by molar-refractivity contribution is 6.06. The minimum Gasteiger partial charge on any atom is -0.489 e. The summed E-state index contributed by atoms with van der Waals surface area (Å²) >= 11 is 0. The third kappa shape index (κ3) is 2.90. The van der Waals surface area contributed by atoms with Crippen LogP contribution in [0.1, 0.15) is 6.42 Å². The smallest absolute Gasteiger partial charge is 0.231 e. The van der Waals surface area contributed by atoms with E-state index >= 15 is 0 Å². The molecule has 29 heavy (non-hydrogen) atoms. The van der Waals surface area contributed by atoms with Crippen LogP contribution < -0.4 is 19.3 Å². The maximum Gasteiger partial charge on any atom is 0.231 e. The third-order valence-corrected chi connectivity index (χ3v) is 5.54. The molecule has 0 N–H and O–H groups in total. The Morgan fingerprint density at radius 1 is 0.793 bits per heavy atom. The van der Waals surface area contributed by atoms with E-state index in [2.05, 4.69) is 0 Å². The Kier molecular flexibility index (Phi) is 4.15. The van der Waals surface area contributed by atoms with Gasteiger partial charge >= 0.3 is 0 Å². The molecule has 150 valence electrons. The molecular weight excluding hydrogens is 382 g/mol. The topological polar surface area (TPSA) is 59.1 Å².